The molecule has 2 heterocycles. The number of nitrogens with one attached hydrogen (secondary N) is 1. The van der Waals surface area contributed by atoms with E-state index >= 15 is 0 Å². The van der Waals surface area contributed by atoms with Gasteiger partial charge in [-0.15, -0.1) is 0 Å². The zero-order valence-electron chi connectivity index (χ0n) is 10.4. The molecule has 4 nitrogen and oxygen atoms in total. The van der Waals surface area contributed by atoms with Crippen LogP contribution in [-0.2, 0) is 4.74 Å². The van der Waals surface area contributed by atoms with Crippen LogP contribution < -0.4 is 11.1 Å². The summed E-state index contributed by atoms with van der Waals surface area (Å²) < 4.78 is 5.52. The summed E-state index contributed by atoms with van der Waals surface area (Å²) in [6.07, 6.45) is 3.77. The Morgan fingerprint density at radius 3 is 3.22 bits per heavy atom. The van der Waals surface area contributed by atoms with Gasteiger partial charge in [0, 0.05) is 24.3 Å². The van der Waals surface area contributed by atoms with Gasteiger partial charge in [0.15, 0.2) is 5.88 Å². The van der Waals surface area contributed by atoms with Crippen LogP contribution in [0.3, 0.4) is 0 Å². The lowest BCUT2D eigenvalue weighted by Gasteiger charge is -2.16. The second-order valence-electron chi connectivity index (χ2n) is 4.61. The fourth-order valence-electron chi connectivity index (χ4n) is 1.89. The molecule has 1 atom stereocenters. The number of allylic oxidation sites excluding steroid dienone is 1. The standard InChI is InChI=1S/C13H18ClN3O/c1-9-2-3-10(8-18-13(9)15)7-17-11-4-5-16-12(14)6-11/h4-6,10H,2-3,7-8,15H2,1H3,(H,16,17)/t10-/m0/s1. The Kier molecular flexibility index (Phi) is 4.31. The van der Waals surface area contributed by atoms with Crippen LogP contribution in [-0.4, -0.2) is 18.1 Å². The van der Waals surface area contributed by atoms with Crippen molar-refractivity contribution in [2.45, 2.75) is 19.8 Å². The summed E-state index contributed by atoms with van der Waals surface area (Å²) in [5.74, 6) is 1.04. The lowest BCUT2D eigenvalue weighted by Crippen LogP contribution is -2.19. The van der Waals surface area contributed by atoms with Crippen molar-refractivity contribution in [1.29, 1.82) is 0 Å². The van der Waals surface area contributed by atoms with Crippen molar-refractivity contribution < 1.29 is 4.74 Å². The molecule has 3 N–H and O–H groups in total. The molecule has 0 fully saturated rings. The minimum Gasteiger partial charge on any atom is -0.479 e. The van der Waals surface area contributed by atoms with E-state index in [0.29, 0.717) is 23.6 Å². The highest BCUT2D eigenvalue weighted by Gasteiger charge is 2.15. The van der Waals surface area contributed by atoms with E-state index in [1.54, 1.807) is 6.20 Å². The first kappa shape index (κ1) is 13.0. The molecule has 0 aliphatic carbocycles. The first-order chi connectivity index (χ1) is 8.65. The van der Waals surface area contributed by atoms with Gasteiger partial charge in [0.2, 0.25) is 0 Å². The molecular weight excluding hydrogens is 250 g/mol. The number of nitrogens with zero attached hydrogens (tertiary/aromatic N) is 1. The zero-order valence-corrected chi connectivity index (χ0v) is 11.2. The van der Waals surface area contributed by atoms with Crippen molar-refractivity contribution in [1.82, 2.24) is 4.98 Å². The van der Waals surface area contributed by atoms with Crippen LogP contribution >= 0.6 is 11.6 Å². The molecular formula is C13H18ClN3O. The molecule has 1 aromatic rings. The van der Waals surface area contributed by atoms with Gasteiger partial charge < -0.3 is 15.8 Å². The monoisotopic (exact) mass is 267 g/mol. The van der Waals surface area contributed by atoms with Crippen molar-refractivity contribution in [3.63, 3.8) is 0 Å². The molecule has 0 saturated heterocycles. The van der Waals surface area contributed by atoms with Gasteiger partial charge in [0.25, 0.3) is 0 Å². The van der Waals surface area contributed by atoms with Crippen LogP contribution in [0, 0.1) is 5.92 Å². The maximum Gasteiger partial charge on any atom is 0.182 e. The summed E-state index contributed by atoms with van der Waals surface area (Å²) >= 11 is 5.83. The fraction of sp³-hybridized carbons (Fsp3) is 0.462. The Morgan fingerprint density at radius 1 is 1.61 bits per heavy atom. The molecule has 98 valence electrons. The number of hydrogen-bond acceptors (Lipinski definition) is 4. The van der Waals surface area contributed by atoms with Gasteiger partial charge in [-0.25, -0.2) is 4.98 Å². The van der Waals surface area contributed by atoms with Crippen molar-refractivity contribution in [3.05, 3.63) is 34.9 Å². The largest absolute Gasteiger partial charge is 0.479 e. The molecule has 0 bridgehead atoms. The Balaban J connectivity index is 1.85. The maximum atomic E-state index is 5.83. The maximum absolute atomic E-state index is 5.83. The third-order valence-corrected chi connectivity index (χ3v) is 3.35. The highest BCUT2D eigenvalue weighted by atomic mass is 35.5. The van der Waals surface area contributed by atoms with E-state index in [-0.39, 0.29) is 0 Å². The lowest BCUT2D eigenvalue weighted by molar-refractivity contribution is 0.171. The third-order valence-electron chi connectivity index (χ3n) is 3.14. The van der Waals surface area contributed by atoms with Gasteiger partial charge in [-0.2, -0.15) is 0 Å². The highest BCUT2D eigenvalue weighted by Crippen LogP contribution is 2.21. The Hall–Kier alpha value is -1.42. The first-order valence-electron chi connectivity index (χ1n) is 6.08. The summed E-state index contributed by atoms with van der Waals surface area (Å²) in [4.78, 5) is 3.95. The minimum absolute atomic E-state index is 0.452. The average molecular weight is 268 g/mol. The van der Waals surface area contributed by atoms with E-state index in [9.17, 15) is 0 Å². The molecule has 0 amide bonds. The summed E-state index contributed by atoms with van der Waals surface area (Å²) in [5.41, 5.74) is 7.91. The Morgan fingerprint density at radius 2 is 2.44 bits per heavy atom. The molecule has 0 saturated carbocycles. The van der Waals surface area contributed by atoms with Gasteiger partial charge >= 0.3 is 0 Å². The molecule has 1 aromatic heterocycles. The predicted octanol–water partition coefficient (Wildman–Crippen LogP) is 2.76. The van der Waals surface area contributed by atoms with Gasteiger partial charge in [-0.3, -0.25) is 0 Å². The second-order valence-corrected chi connectivity index (χ2v) is 5.00. The SMILES string of the molecule is CC1=C(N)OC[C@H](CNc2ccnc(Cl)c2)CC1. The van der Waals surface area contributed by atoms with Crippen LogP contribution in [0.25, 0.3) is 0 Å². The average Bonchev–Trinajstić information content (AvgIpc) is 2.51. The van der Waals surface area contributed by atoms with E-state index in [4.69, 9.17) is 22.1 Å². The van der Waals surface area contributed by atoms with Crippen molar-refractivity contribution in [2.75, 3.05) is 18.5 Å². The molecule has 5 heteroatoms. The predicted molar refractivity (Wildman–Crippen MR) is 73.3 cm³/mol. The van der Waals surface area contributed by atoms with E-state index in [1.165, 1.54) is 0 Å². The summed E-state index contributed by atoms with van der Waals surface area (Å²) in [7, 11) is 0. The van der Waals surface area contributed by atoms with Crippen LogP contribution in [0.15, 0.2) is 29.8 Å². The van der Waals surface area contributed by atoms with Crippen LogP contribution in [0.5, 0.6) is 0 Å². The fourth-order valence-corrected chi connectivity index (χ4v) is 2.07. The third kappa shape index (κ3) is 3.53. The Labute approximate surface area is 112 Å². The van der Waals surface area contributed by atoms with Crippen LogP contribution in [0.4, 0.5) is 5.69 Å². The van der Waals surface area contributed by atoms with Crippen molar-refractivity contribution in [3.8, 4) is 0 Å². The first-order valence-corrected chi connectivity index (χ1v) is 6.46. The second kappa shape index (κ2) is 5.96. The highest BCUT2D eigenvalue weighted by molar-refractivity contribution is 6.29. The minimum atomic E-state index is 0.452. The van der Waals surface area contributed by atoms with Gasteiger partial charge in [-0.05, 0) is 37.5 Å². The van der Waals surface area contributed by atoms with Crippen LogP contribution in [0.1, 0.15) is 19.8 Å². The van der Waals surface area contributed by atoms with Crippen molar-refractivity contribution in [2.24, 2.45) is 11.7 Å². The van der Waals surface area contributed by atoms with E-state index < -0.39 is 0 Å². The number of nitrogens with two attached hydrogens (primary N) is 1. The molecule has 0 unspecified atom stereocenters. The molecule has 18 heavy (non-hydrogen) atoms. The number of anilines is 1. The number of pyridine rings is 1. The number of hydrogen-bond donors (Lipinski definition) is 2. The Bertz CT molecular complexity index is 432. The van der Waals surface area contributed by atoms with Gasteiger partial charge in [0.1, 0.15) is 5.15 Å². The molecule has 1 aliphatic heterocycles. The molecule has 0 aromatic carbocycles. The molecule has 2 rings (SSSR count). The summed E-state index contributed by atoms with van der Waals surface area (Å²) in [5, 5.41) is 3.85. The lowest BCUT2D eigenvalue weighted by atomic mass is 10.0. The number of rotatable bonds is 3. The summed E-state index contributed by atoms with van der Waals surface area (Å²) in [6, 6.07) is 3.72. The number of ether oxygens (including phenoxy) is 1. The quantitative estimate of drug-likeness (QED) is 0.827. The number of aromatic nitrogens is 1. The summed E-state index contributed by atoms with van der Waals surface area (Å²) in [6.45, 7) is 3.53. The topological polar surface area (TPSA) is 60.2 Å². The van der Waals surface area contributed by atoms with Gasteiger partial charge in [0.05, 0.1) is 6.61 Å². The van der Waals surface area contributed by atoms with E-state index in [2.05, 4.69) is 10.3 Å². The number of halogens is 1. The van der Waals surface area contributed by atoms with Crippen LogP contribution in [0.2, 0.25) is 5.15 Å². The van der Waals surface area contributed by atoms with E-state index in [1.807, 2.05) is 19.1 Å². The molecule has 0 radical (unpaired) electrons. The smallest absolute Gasteiger partial charge is 0.182 e. The molecule has 0 spiro atoms. The molecule has 1 aliphatic rings. The normalized spacial score (nSPS) is 20.2. The van der Waals surface area contributed by atoms with E-state index in [0.717, 1.165) is 30.6 Å². The van der Waals surface area contributed by atoms with Crippen molar-refractivity contribution >= 4 is 17.3 Å². The van der Waals surface area contributed by atoms with Gasteiger partial charge in [-0.1, -0.05) is 11.6 Å². The zero-order chi connectivity index (χ0) is 13.0.